The number of aromatic nitrogens is 2. The first-order valence-electron chi connectivity index (χ1n) is 7.56. The number of nitrogens with zero attached hydrogens (tertiary/aromatic N) is 4. The van der Waals surface area contributed by atoms with E-state index in [4.69, 9.17) is 4.74 Å². The normalized spacial score (nSPS) is 19.0. The molecule has 1 saturated heterocycles. The third-order valence-electron chi connectivity index (χ3n) is 3.53. The molecule has 0 unspecified atom stereocenters. The molecule has 0 N–H and O–H groups in total. The second-order valence-corrected chi connectivity index (χ2v) is 7.63. The summed E-state index contributed by atoms with van der Waals surface area (Å²) in [5.74, 6) is -0.131. The lowest BCUT2D eigenvalue weighted by Gasteiger charge is -2.39. The molecule has 2 rings (SSSR count). The van der Waals surface area contributed by atoms with Crippen molar-refractivity contribution in [2.24, 2.45) is 7.05 Å². The van der Waals surface area contributed by atoms with Gasteiger partial charge < -0.3 is 14.5 Å². The molecule has 0 spiro atoms. The lowest BCUT2D eigenvalue weighted by Crippen LogP contribution is -2.56. The van der Waals surface area contributed by atoms with Gasteiger partial charge in [-0.15, -0.1) is 0 Å². The van der Waals surface area contributed by atoms with Crippen molar-refractivity contribution < 1.29 is 14.3 Å². The molecule has 128 valence electrons. The minimum atomic E-state index is -0.522. The van der Waals surface area contributed by atoms with E-state index in [1.165, 1.54) is 0 Å². The highest BCUT2D eigenvalue weighted by Crippen LogP contribution is 2.20. The van der Waals surface area contributed by atoms with Crippen LogP contribution in [-0.4, -0.2) is 62.9 Å². The van der Waals surface area contributed by atoms with Gasteiger partial charge in [-0.2, -0.15) is 5.10 Å². The van der Waals surface area contributed by atoms with Gasteiger partial charge in [0, 0.05) is 38.9 Å². The van der Waals surface area contributed by atoms with Crippen molar-refractivity contribution in [1.29, 1.82) is 0 Å². The molecule has 2 amide bonds. The predicted octanol–water partition coefficient (Wildman–Crippen LogP) is 2.26. The zero-order valence-corrected chi connectivity index (χ0v) is 15.8. The largest absolute Gasteiger partial charge is 0.444 e. The summed E-state index contributed by atoms with van der Waals surface area (Å²) >= 11 is 3.36. The van der Waals surface area contributed by atoms with Crippen LogP contribution in [0.25, 0.3) is 0 Å². The highest BCUT2D eigenvalue weighted by molar-refractivity contribution is 9.10. The maximum atomic E-state index is 12.6. The van der Waals surface area contributed by atoms with Gasteiger partial charge >= 0.3 is 6.09 Å². The first-order chi connectivity index (χ1) is 10.6. The Morgan fingerprint density at radius 3 is 2.48 bits per heavy atom. The Morgan fingerprint density at radius 1 is 1.35 bits per heavy atom. The molecule has 1 atom stereocenters. The quantitative estimate of drug-likeness (QED) is 0.742. The lowest BCUT2D eigenvalue weighted by atomic mass is 10.1. The van der Waals surface area contributed by atoms with Crippen molar-refractivity contribution in [3.05, 3.63) is 16.4 Å². The number of hydrogen-bond acceptors (Lipinski definition) is 4. The van der Waals surface area contributed by atoms with Crippen LogP contribution in [0.5, 0.6) is 0 Å². The number of carbonyl (C=O) groups is 2. The zero-order valence-electron chi connectivity index (χ0n) is 14.2. The molecule has 2 heterocycles. The summed E-state index contributed by atoms with van der Waals surface area (Å²) in [4.78, 5) is 28.2. The van der Waals surface area contributed by atoms with Crippen LogP contribution in [0, 0.1) is 0 Å². The predicted molar refractivity (Wildman–Crippen MR) is 89.2 cm³/mol. The van der Waals surface area contributed by atoms with E-state index in [9.17, 15) is 9.59 Å². The van der Waals surface area contributed by atoms with E-state index in [0.29, 0.717) is 29.8 Å². The Kier molecular flexibility index (Phi) is 5.03. The summed E-state index contributed by atoms with van der Waals surface area (Å²) < 4.78 is 7.66. The minimum absolute atomic E-state index is 0.0994. The van der Waals surface area contributed by atoms with E-state index >= 15 is 0 Å². The average Bonchev–Trinajstić information content (AvgIpc) is 2.75. The number of amides is 2. The fourth-order valence-corrected chi connectivity index (χ4v) is 3.04. The summed E-state index contributed by atoms with van der Waals surface area (Å²) in [6, 6.07) is -0.0994. The molecule has 1 aromatic rings. The van der Waals surface area contributed by atoms with Crippen LogP contribution in [0.1, 0.15) is 38.2 Å². The number of piperazine rings is 1. The van der Waals surface area contributed by atoms with Gasteiger partial charge in [0.2, 0.25) is 0 Å². The van der Waals surface area contributed by atoms with Gasteiger partial charge in [0.15, 0.2) is 5.69 Å². The standard InChI is InChI=1S/C15H23BrN4O3/c1-10-8-19(14(22)23-15(2,3)4)6-7-20(10)13(21)12-11(16)9-18(5)17-12/h9-10H,6-8H2,1-5H3/t10-/m0/s1. The summed E-state index contributed by atoms with van der Waals surface area (Å²) in [5, 5.41) is 4.20. The molecule has 0 bridgehead atoms. The van der Waals surface area contributed by atoms with Crippen molar-refractivity contribution in [1.82, 2.24) is 19.6 Å². The lowest BCUT2D eigenvalue weighted by molar-refractivity contribution is 0.00603. The van der Waals surface area contributed by atoms with Crippen LogP contribution in [0.2, 0.25) is 0 Å². The minimum Gasteiger partial charge on any atom is -0.444 e. The van der Waals surface area contributed by atoms with E-state index in [2.05, 4.69) is 21.0 Å². The Morgan fingerprint density at radius 2 is 2.00 bits per heavy atom. The van der Waals surface area contributed by atoms with Gasteiger partial charge in [0.1, 0.15) is 5.60 Å². The van der Waals surface area contributed by atoms with Gasteiger partial charge in [0.25, 0.3) is 5.91 Å². The highest BCUT2D eigenvalue weighted by atomic mass is 79.9. The van der Waals surface area contributed by atoms with Gasteiger partial charge in [-0.1, -0.05) is 0 Å². The van der Waals surface area contributed by atoms with E-state index in [1.807, 2.05) is 27.7 Å². The van der Waals surface area contributed by atoms with Gasteiger partial charge in [-0.25, -0.2) is 4.79 Å². The topological polar surface area (TPSA) is 67.7 Å². The molecule has 0 aromatic carbocycles. The molecule has 1 aliphatic rings. The zero-order chi connectivity index (χ0) is 17.4. The van der Waals surface area contributed by atoms with Crippen molar-refractivity contribution in [2.45, 2.75) is 39.3 Å². The van der Waals surface area contributed by atoms with Crippen LogP contribution in [0.15, 0.2) is 10.7 Å². The molecule has 8 heteroatoms. The SMILES string of the molecule is C[C@H]1CN(C(=O)OC(C)(C)C)CCN1C(=O)c1nn(C)cc1Br. The van der Waals surface area contributed by atoms with Crippen LogP contribution in [0.3, 0.4) is 0 Å². The molecular weight excluding hydrogens is 364 g/mol. The summed E-state index contributed by atoms with van der Waals surface area (Å²) in [7, 11) is 1.77. The van der Waals surface area contributed by atoms with E-state index in [0.717, 1.165) is 0 Å². The summed E-state index contributed by atoms with van der Waals surface area (Å²) in [6.45, 7) is 8.81. The van der Waals surface area contributed by atoms with Gasteiger partial charge in [-0.3, -0.25) is 9.48 Å². The first kappa shape index (κ1) is 17.8. The van der Waals surface area contributed by atoms with Crippen molar-refractivity contribution in [2.75, 3.05) is 19.6 Å². The third-order valence-corrected chi connectivity index (χ3v) is 4.11. The molecule has 1 aromatic heterocycles. The molecule has 0 saturated carbocycles. The summed E-state index contributed by atoms with van der Waals surface area (Å²) in [5.41, 5.74) is -0.128. The Bertz CT molecular complexity index is 608. The average molecular weight is 387 g/mol. The number of aryl methyl sites for hydroxylation is 1. The number of carbonyl (C=O) groups excluding carboxylic acids is 2. The molecule has 1 aliphatic heterocycles. The Labute approximate surface area is 144 Å². The molecule has 7 nitrogen and oxygen atoms in total. The van der Waals surface area contributed by atoms with E-state index < -0.39 is 5.60 Å². The van der Waals surface area contributed by atoms with Crippen molar-refractivity contribution in [3.8, 4) is 0 Å². The fraction of sp³-hybridized carbons (Fsp3) is 0.667. The maximum absolute atomic E-state index is 12.6. The number of hydrogen-bond donors (Lipinski definition) is 0. The van der Waals surface area contributed by atoms with Crippen LogP contribution < -0.4 is 0 Å². The summed E-state index contributed by atoms with van der Waals surface area (Å²) in [6.07, 6.45) is 1.41. The highest BCUT2D eigenvalue weighted by Gasteiger charge is 2.33. The molecule has 0 aliphatic carbocycles. The fourth-order valence-electron chi connectivity index (χ4n) is 2.49. The number of halogens is 1. The van der Waals surface area contributed by atoms with Gasteiger partial charge in [-0.05, 0) is 43.6 Å². The van der Waals surface area contributed by atoms with Crippen LogP contribution in [0.4, 0.5) is 4.79 Å². The molecule has 1 fully saturated rings. The maximum Gasteiger partial charge on any atom is 0.410 e. The number of ether oxygens (including phenoxy) is 1. The van der Waals surface area contributed by atoms with Crippen LogP contribution in [-0.2, 0) is 11.8 Å². The monoisotopic (exact) mass is 386 g/mol. The van der Waals surface area contributed by atoms with Crippen LogP contribution >= 0.6 is 15.9 Å². The molecular formula is C15H23BrN4O3. The second kappa shape index (κ2) is 6.51. The molecule has 0 radical (unpaired) electrons. The third kappa shape index (κ3) is 4.25. The van der Waals surface area contributed by atoms with E-state index in [1.54, 1.807) is 27.7 Å². The van der Waals surface area contributed by atoms with Crippen molar-refractivity contribution in [3.63, 3.8) is 0 Å². The Balaban J connectivity index is 2.03. The van der Waals surface area contributed by atoms with Gasteiger partial charge in [0.05, 0.1) is 4.47 Å². The Hall–Kier alpha value is -1.57. The number of rotatable bonds is 1. The van der Waals surface area contributed by atoms with E-state index in [-0.39, 0.29) is 18.0 Å². The molecule has 23 heavy (non-hydrogen) atoms. The smallest absolute Gasteiger partial charge is 0.410 e. The first-order valence-corrected chi connectivity index (χ1v) is 8.36. The van der Waals surface area contributed by atoms with Crippen molar-refractivity contribution >= 4 is 27.9 Å². The second-order valence-electron chi connectivity index (χ2n) is 6.77.